The topological polar surface area (TPSA) is 59.2 Å². The van der Waals surface area contributed by atoms with Crippen LogP contribution in [-0.4, -0.2) is 22.6 Å². The van der Waals surface area contributed by atoms with Gasteiger partial charge in [0.15, 0.2) is 10.1 Å². The van der Waals surface area contributed by atoms with Crippen LogP contribution in [0.2, 0.25) is 0 Å². The number of anilines is 1. The lowest BCUT2D eigenvalue weighted by molar-refractivity contribution is 0.0963. The third kappa shape index (κ3) is 4.04. The molecule has 0 bridgehead atoms. The Labute approximate surface area is 175 Å². The largest absolute Gasteiger partial charge is 0.451 e. The molecule has 0 aliphatic carbocycles. The first-order chi connectivity index (χ1) is 14.1. The molecule has 8 heteroatoms. The Bertz CT molecular complexity index is 1150. The Kier molecular flexibility index (Phi) is 5.64. The summed E-state index contributed by atoms with van der Waals surface area (Å²) in [5, 5.41) is 9.99. The van der Waals surface area contributed by atoms with Crippen LogP contribution in [0.4, 0.5) is 10.1 Å². The molecule has 0 aliphatic rings. The van der Waals surface area contributed by atoms with E-state index in [1.54, 1.807) is 17.0 Å². The van der Waals surface area contributed by atoms with Crippen molar-refractivity contribution in [2.75, 3.05) is 11.4 Å². The number of nitrogens with zero attached hydrogens (tertiary/aromatic N) is 3. The molecule has 4 rings (SSSR count). The van der Waals surface area contributed by atoms with Gasteiger partial charge in [0.25, 0.3) is 5.91 Å². The highest BCUT2D eigenvalue weighted by atomic mass is 32.2. The highest BCUT2D eigenvalue weighted by Crippen LogP contribution is 2.34. The standard InChI is InChI=1S/C21H18FN3O2S2/c1-3-25(15-10-8-14(22)9-11-15)20(26)19-17(12-28-21-24-23-13(2)29-21)16-6-4-5-7-18(16)27-19/h4-11H,3,12H2,1-2H3. The summed E-state index contributed by atoms with van der Waals surface area (Å²) in [6, 6.07) is 13.5. The van der Waals surface area contributed by atoms with E-state index < -0.39 is 0 Å². The van der Waals surface area contributed by atoms with Gasteiger partial charge in [-0.05, 0) is 44.2 Å². The quantitative estimate of drug-likeness (QED) is 0.370. The maximum absolute atomic E-state index is 13.4. The van der Waals surface area contributed by atoms with E-state index in [-0.39, 0.29) is 11.7 Å². The molecule has 5 nitrogen and oxygen atoms in total. The highest BCUT2D eigenvalue weighted by Gasteiger charge is 2.26. The van der Waals surface area contributed by atoms with Gasteiger partial charge in [-0.2, -0.15) is 0 Å². The third-order valence-corrected chi connectivity index (χ3v) is 6.44. The zero-order valence-electron chi connectivity index (χ0n) is 15.9. The Morgan fingerprint density at radius 1 is 1.17 bits per heavy atom. The first-order valence-electron chi connectivity index (χ1n) is 9.07. The summed E-state index contributed by atoms with van der Waals surface area (Å²) in [4.78, 5) is 15.0. The summed E-state index contributed by atoms with van der Waals surface area (Å²) in [5.74, 6) is 0.240. The van der Waals surface area contributed by atoms with E-state index in [0.717, 1.165) is 20.3 Å². The molecular weight excluding hydrogens is 409 g/mol. The van der Waals surface area contributed by atoms with Crippen molar-refractivity contribution in [3.05, 3.63) is 70.7 Å². The van der Waals surface area contributed by atoms with Gasteiger partial charge in [-0.25, -0.2) is 4.39 Å². The summed E-state index contributed by atoms with van der Waals surface area (Å²) in [6.07, 6.45) is 0. The minimum Gasteiger partial charge on any atom is -0.451 e. The molecule has 0 N–H and O–H groups in total. The third-order valence-electron chi connectivity index (χ3n) is 4.44. The lowest BCUT2D eigenvalue weighted by Crippen LogP contribution is -2.30. The van der Waals surface area contributed by atoms with Crippen LogP contribution >= 0.6 is 23.1 Å². The molecule has 29 heavy (non-hydrogen) atoms. The molecule has 0 spiro atoms. The average Bonchev–Trinajstić information content (AvgIpc) is 3.31. The zero-order chi connectivity index (χ0) is 20.4. The Morgan fingerprint density at radius 2 is 1.93 bits per heavy atom. The van der Waals surface area contributed by atoms with Crippen LogP contribution in [0.1, 0.15) is 28.0 Å². The normalized spacial score (nSPS) is 11.1. The van der Waals surface area contributed by atoms with Gasteiger partial charge in [0.2, 0.25) is 0 Å². The van der Waals surface area contributed by atoms with Crippen molar-refractivity contribution in [2.24, 2.45) is 0 Å². The van der Waals surface area contributed by atoms with Gasteiger partial charge in [-0.3, -0.25) is 4.79 Å². The lowest BCUT2D eigenvalue weighted by Gasteiger charge is -2.20. The predicted octanol–water partition coefficient (Wildman–Crippen LogP) is 5.69. The van der Waals surface area contributed by atoms with Gasteiger partial charge in [0.05, 0.1) is 0 Å². The van der Waals surface area contributed by atoms with Gasteiger partial charge in [0.1, 0.15) is 16.4 Å². The zero-order valence-corrected chi connectivity index (χ0v) is 17.5. The second-order valence-electron chi connectivity index (χ2n) is 6.31. The van der Waals surface area contributed by atoms with Gasteiger partial charge in [-0.1, -0.05) is 41.3 Å². The maximum atomic E-state index is 13.4. The number of para-hydroxylation sites is 1. The van der Waals surface area contributed by atoms with Crippen molar-refractivity contribution in [1.29, 1.82) is 0 Å². The van der Waals surface area contributed by atoms with Crippen molar-refractivity contribution in [3.63, 3.8) is 0 Å². The molecule has 0 saturated carbocycles. The van der Waals surface area contributed by atoms with Gasteiger partial charge >= 0.3 is 0 Å². The number of amides is 1. The molecular formula is C21H18FN3O2S2. The van der Waals surface area contributed by atoms with E-state index in [0.29, 0.717) is 29.3 Å². The number of aryl methyl sites for hydroxylation is 1. The average molecular weight is 428 g/mol. The van der Waals surface area contributed by atoms with Crippen LogP contribution in [0, 0.1) is 12.7 Å². The first kappa shape index (κ1) is 19.6. The molecule has 0 aliphatic heterocycles. The van der Waals surface area contributed by atoms with Crippen molar-refractivity contribution in [3.8, 4) is 0 Å². The van der Waals surface area contributed by atoms with Gasteiger partial charge in [-0.15, -0.1) is 10.2 Å². The van der Waals surface area contributed by atoms with E-state index >= 15 is 0 Å². The molecule has 0 radical (unpaired) electrons. The number of halogens is 1. The number of hydrogen-bond acceptors (Lipinski definition) is 6. The van der Waals surface area contributed by atoms with Crippen LogP contribution in [0.15, 0.2) is 57.3 Å². The van der Waals surface area contributed by atoms with Crippen LogP contribution in [-0.2, 0) is 5.75 Å². The fourth-order valence-electron chi connectivity index (χ4n) is 3.07. The van der Waals surface area contributed by atoms with Crippen molar-refractivity contribution >= 4 is 45.7 Å². The number of benzene rings is 2. The van der Waals surface area contributed by atoms with Crippen LogP contribution < -0.4 is 4.90 Å². The molecule has 2 aromatic heterocycles. The second-order valence-corrected chi connectivity index (χ2v) is 8.71. The molecule has 0 atom stereocenters. The predicted molar refractivity (Wildman–Crippen MR) is 114 cm³/mol. The van der Waals surface area contributed by atoms with Crippen molar-refractivity contribution in [1.82, 2.24) is 10.2 Å². The highest BCUT2D eigenvalue weighted by molar-refractivity contribution is 8.00. The van der Waals surface area contributed by atoms with Crippen molar-refractivity contribution in [2.45, 2.75) is 23.9 Å². The maximum Gasteiger partial charge on any atom is 0.294 e. The number of fused-ring (bicyclic) bond motifs is 1. The summed E-state index contributed by atoms with van der Waals surface area (Å²) in [5.41, 5.74) is 2.11. The van der Waals surface area contributed by atoms with Gasteiger partial charge in [0, 0.05) is 28.9 Å². The number of rotatable bonds is 6. The van der Waals surface area contributed by atoms with E-state index in [1.807, 2.05) is 38.1 Å². The summed E-state index contributed by atoms with van der Waals surface area (Å²) in [6.45, 7) is 4.22. The van der Waals surface area contributed by atoms with Crippen LogP contribution in [0.3, 0.4) is 0 Å². The van der Waals surface area contributed by atoms with Crippen LogP contribution in [0.25, 0.3) is 11.0 Å². The number of carbonyl (C=O) groups excluding carboxylic acids is 1. The lowest BCUT2D eigenvalue weighted by atomic mass is 10.1. The fourth-order valence-corrected chi connectivity index (χ4v) is 4.92. The molecule has 4 aromatic rings. The summed E-state index contributed by atoms with van der Waals surface area (Å²) >= 11 is 3.04. The van der Waals surface area contributed by atoms with Gasteiger partial charge < -0.3 is 9.32 Å². The number of furan rings is 1. The smallest absolute Gasteiger partial charge is 0.294 e. The number of carbonyl (C=O) groups is 1. The molecule has 2 heterocycles. The molecule has 1 amide bonds. The number of thioether (sulfide) groups is 1. The molecule has 0 saturated heterocycles. The molecule has 148 valence electrons. The van der Waals surface area contributed by atoms with E-state index in [4.69, 9.17) is 4.42 Å². The van der Waals surface area contributed by atoms with E-state index in [2.05, 4.69) is 10.2 Å². The number of hydrogen-bond donors (Lipinski definition) is 0. The summed E-state index contributed by atoms with van der Waals surface area (Å²) < 4.78 is 20.1. The SMILES string of the molecule is CCN(C(=O)c1oc2ccccc2c1CSc1nnc(C)s1)c1ccc(F)cc1. The first-order valence-corrected chi connectivity index (χ1v) is 10.9. The Balaban J connectivity index is 1.71. The minimum absolute atomic E-state index is 0.251. The minimum atomic E-state index is -0.342. The fraction of sp³-hybridized carbons (Fsp3) is 0.190. The Morgan fingerprint density at radius 3 is 2.62 bits per heavy atom. The van der Waals surface area contributed by atoms with Crippen molar-refractivity contribution < 1.29 is 13.6 Å². The Hall–Kier alpha value is -2.71. The molecule has 0 fully saturated rings. The summed E-state index contributed by atoms with van der Waals surface area (Å²) in [7, 11) is 0. The number of aromatic nitrogens is 2. The van der Waals surface area contributed by atoms with Crippen LogP contribution in [0.5, 0.6) is 0 Å². The van der Waals surface area contributed by atoms with E-state index in [9.17, 15) is 9.18 Å². The molecule has 0 unspecified atom stereocenters. The second kappa shape index (κ2) is 8.34. The molecule has 2 aromatic carbocycles. The van der Waals surface area contributed by atoms with E-state index in [1.165, 1.54) is 35.2 Å². The monoisotopic (exact) mass is 427 g/mol.